The van der Waals surface area contributed by atoms with E-state index in [1.165, 1.54) is 0 Å². The molecule has 1 aliphatic carbocycles. The highest BCUT2D eigenvalue weighted by atomic mass is 19.4. The lowest BCUT2D eigenvalue weighted by Crippen LogP contribution is -2.15. The molecular formula is C13H13F3N2O2. The normalized spacial score (nSPS) is 15.2. The number of benzene rings is 1. The fraction of sp³-hybridized carbons (Fsp3) is 0.385. The third-order valence-corrected chi connectivity index (χ3v) is 3.03. The van der Waals surface area contributed by atoms with Crippen molar-refractivity contribution in [3.8, 4) is 5.75 Å². The molecule has 108 valence electrons. The Morgan fingerprint density at radius 2 is 1.90 bits per heavy atom. The third kappa shape index (κ3) is 3.28. The Bertz CT molecular complexity index is 545. The first-order valence-electron chi connectivity index (χ1n) is 6.12. The average molecular weight is 286 g/mol. The predicted molar refractivity (Wildman–Crippen MR) is 66.5 cm³/mol. The second-order valence-corrected chi connectivity index (χ2v) is 4.53. The summed E-state index contributed by atoms with van der Waals surface area (Å²) in [5, 5.41) is 3.86. The van der Waals surface area contributed by atoms with Crippen molar-refractivity contribution < 1.29 is 22.8 Å². The van der Waals surface area contributed by atoms with E-state index in [9.17, 15) is 18.0 Å². The van der Waals surface area contributed by atoms with Crippen LogP contribution in [-0.4, -0.2) is 11.6 Å². The van der Waals surface area contributed by atoms with Crippen molar-refractivity contribution in [3.05, 3.63) is 29.3 Å². The first-order valence-corrected chi connectivity index (χ1v) is 6.12. The SMILES string of the molecule is NC(=O)c1cc(C(F)(F)F)ccc1ON=C1CCCC1. The Kier molecular flexibility index (Phi) is 3.96. The molecule has 1 fully saturated rings. The largest absolute Gasteiger partial charge is 0.416 e. The lowest BCUT2D eigenvalue weighted by atomic mass is 10.1. The van der Waals surface area contributed by atoms with Crippen LogP contribution in [0.5, 0.6) is 5.75 Å². The zero-order valence-electron chi connectivity index (χ0n) is 10.5. The molecule has 1 aromatic carbocycles. The molecule has 0 heterocycles. The van der Waals surface area contributed by atoms with Gasteiger partial charge in [0.15, 0.2) is 5.75 Å². The second-order valence-electron chi connectivity index (χ2n) is 4.53. The highest BCUT2D eigenvalue weighted by Crippen LogP contribution is 2.32. The van der Waals surface area contributed by atoms with Crippen molar-refractivity contribution in [2.24, 2.45) is 10.9 Å². The molecule has 1 amide bonds. The maximum absolute atomic E-state index is 12.6. The van der Waals surface area contributed by atoms with E-state index in [1.807, 2.05) is 0 Å². The van der Waals surface area contributed by atoms with E-state index in [1.54, 1.807) is 0 Å². The van der Waals surface area contributed by atoms with E-state index >= 15 is 0 Å². The van der Waals surface area contributed by atoms with Crippen molar-refractivity contribution in [1.29, 1.82) is 0 Å². The van der Waals surface area contributed by atoms with Gasteiger partial charge in [-0.15, -0.1) is 0 Å². The van der Waals surface area contributed by atoms with E-state index in [4.69, 9.17) is 10.6 Å². The second kappa shape index (κ2) is 5.52. The lowest BCUT2D eigenvalue weighted by molar-refractivity contribution is -0.137. The van der Waals surface area contributed by atoms with Gasteiger partial charge >= 0.3 is 6.18 Å². The van der Waals surface area contributed by atoms with Gasteiger partial charge in [0.2, 0.25) is 0 Å². The van der Waals surface area contributed by atoms with Gasteiger partial charge in [0, 0.05) is 0 Å². The molecule has 0 unspecified atom stereocenters. The molecule has 7 heteroatoms. The molecule has 0 atom stereocenters. The number of nitrogens with two attached hydrogens (primary N) is 1. The van der Waals surface area contributed by atoms with Gasteiger partial charge in [0.1, 0.15) is 0 Å². The fourth-order valence-corrected chi connectivity index (χ4v) is 1.97. The van der Waals surface area contributed by atoms with Crippen LogP contribution in [-0.2, 0) is 6.18 Å². The Morgan fingerprint density at radius 3 is 2.45 bits per heavy atom. The molecule has 4 nitrogen and oxygen atoms in total. The molecule has 0 aromatic heterocycles. The number of amides is 1. The van der Waals surface area contributed by atoms with Crippen LogP contribution < -0.4 is 10.6 Å². The molecule has 0 saturated heterocycles. The topological polar surface area (TPSA) is 64.7 Å². The van der Waals surface area contributed by atoms with E-state index in [0.29, 0.717) is 6.07 Å². The number of halogens is 3. The summed E-state index contributed by atoms with van der Waals surface area (Å²) in [4.78, 5) is 16.3. The van der Waals surface area contributed by atoms with Crippen LogP contribution in [0, 0.1) is 0 Å². The van der Waals surface area contributed by atoms with Gasteiger partial charge in [-0.2, -0.15) is 13.2 Å². The number of alkyl halides is 3. The van der Waals surface area contributed by atoms with Crippen LogP contribution in [0.3, 0.4) is 0 Å². The molecule has 1 aromatic rings. The van der Waals surface area contributed by atoms with Gasteiger partial charge in [0.25, 0.3) is 5.91 Å². The quantitative estimate of drug-likeness (QED) is 0.868. The Hall–Kier alpha value is -2.05. The van der Waals surface area contributed by atoms with E-state index in [-0.39, 0.29) is 11.3 Å². The molecule has 1 saturated carbocycles. The van der Waals surface area contributed by atoms with Gasteiger partial charge < -0.3 is 10.6 Å². The van der Waals surface area contributed by atoms with E-state index in [0.717, 1.165) is 43.5 Å². The molecule has 20 heavy (non-hydrogen) atoms. The first kappa shape index (κ1) is 14.4. The molecule has 0 spiro atoms. The monoisotopic (exact) mass is 286 g/mol. The summed E-state index contributed by atoms with van der Waals surface area (Å²) in [5.41, 5.74) is 4.63. The highest BCUT2D eigenvalue weighted by molar-refractivity contribution is 5.96. The lowest BCUT2D eigenvalue weighted by Gasteiger charge is -2.10. The summed E-state index contributed by atoms with van der Waals surface area (Å²) in [6.45, 7) is 0. The van der Waals surface area contributed by atoms with E-state index in [2.05, 4.69) is 5.16 Å². The standard InChI is InChI=1S/C13H13F3N2O2/c14-13(15,16)8-5-6-11(10(7-8)12(17)19)20-18-9-3-1-2-4-9/h5-7H,1-4H2,(H2,17,19). The summed E-state index contributed by atoms with van der Waals surface area (Å²) in [7, 11) is 0. The summed E-state index contributed by atoms with van der Waals surface area (Å²) in [5.74, 6) is -1.05. The van der Waals surface area contributed by atoms with Crippen LogP contribution in [0.4, 0.5) is 13.2 Å². The molecule has 0 aliphatic heterocycles. The van der Waals surface area contributed by atoms with Gasteiger partial charge in [0.05, 0.1) is 16.8 Å². The number of hydrogen-bond acceptors (Lipinski definition) is 3. The van der Waals surface area contributed by atoms with Gasteiger partial charge in [-0.05, 0) is 43.9 Å². The van der Waals surface area contributed by atoms with Crippen molar-refractivity contribution in [3.63, 3.8) is 0 Å². The number of rotatable bonds is 3. The van der Waals surface area contributed by atoms with Crippen LogP contribution in [0.15, 0.2) is 23.4 Å². The molecule has 0 bridgehead atoms. The number of carbonyl (C=O) groups is 1. The molecule has 1 aliphatic rings. The summed E-state index contributed by atoms with van der Waals surface area (Å²) < 4.78 is 37.7. The zero-order valence-corrected chi connectivity index (χ0v) is 10.5. The molecule has 2 rings (SSSR count). The number of hydrogen-bond donors (Lipinski definition) is 1. The minimum absolute atomic E-state index is 0.0649. The van der Waals surface area contributed by atoms with Crippen LogP contribution in [0.25, 0.3) is 0 Å². The zero-order chi connectivity index (χ0) is 14.8. The first-order chi connectivity index (χ1) is 9.38. The minimum Gasteiger partial charge on any atom is -0.365 e. The minimum atomic E-state index is -4.54. The van der Waals surface area contributed by atoms with Gasteiger partial charge in [-0.1, -0.05) is 5.16 Å². The van der Waals surface area contributed by atoms with Crippen LogP contribution in [0.1, 0.15) is 41.6 Å². The molecular weight excluding hydrogens is 273 g/mol. The summed E-state index contributed by atoms with van der Waals surface area (Å²) in [6, 6.07) is 2.56. The third-order valence-electron chi connectivity index (χ3n) is 3.03. The summed E-state index contributed by atoms with van der Waals surface area (Å²) >= 11 is 0. The van der Waals surface area contributed by atoms with Crippen molar-refractivity contribution in [2.45, 2.75) is 31.9 Å². The number of primary amides is 1. The van der Waals surface area contributed by atoms with Crippen molar-refractivity contribution >= 4 is 11.6 Å². The van der Waals surface area contributed by atoms with Crippen molar-refractivity contribution in [1.82, 2.24) is 0 Å². The Balaban J connectivity index is 2.28. The molecule has 0 radical (unpaired) electrons. The maximum atomic E-state index is 12.6. The fourth-order valence-electron chi connectivity index (χ4n) is 1.97. The van der Waals surface area contributed by atoms with Crippen molar-refractivity contribution in [2.75, 3.05) is 0 Å². The number of oxime groups is 1. The highest BCUT2D eigenvalue weighted by Gasteiger charge is 2.32. The molecule has 2 N–H and O–H groups in total. The number of nitrogens with zero attached hydrogens (tertiary/aromatic N) is 1. The smallest absolute Gasteiger partial charge is 0.365 e. The summed E-state index contributed by atoms with van der Waals surface area (Å²) in [6.07, 6.45) is -0.922. The average Bonchev–Trinajstić information content (AvgIpc) is 2.88. The predicted octanol–water partition coefficient (Wildman–Crippen LogP) is 3.11. The number of carbonyl (C=O) groups excluding carboxylic acids is 1. The van der Waals surface area contributed by atoms with Crippen LogP contribution in [0.2, 0.25) is 0 Å². The van der Waals surface area contributed by atoms with Gasteiger partial charge in [-0.25, -0.2) is 0 Å². The Labute approximate surface area is 113 Å². The van der Waals surface area contributed by atoms with Gasteiger partial charge in [-0.3, -0.25) is 4.79 Å². The van der Waals surface area contributed by atoms with Crippen LogP contribution >= 0.6 is 0 Å². The Morgan fingerprint density at radius 1 is 1.25 bits per heavy atom. The van der Waals surface area contributed by atoms with E-state index < -0.39 is 17.6 Å². The maximum Gasteiger partial charge on any atom is 0.416 e.